The van der Waals surface area contributed by atoms with Gasteiger partial charge in [-0.2, -0.15) is 0 Å². The highest BCUT2D eigenvalue weighted by Gasteiger charge is 2.15. The Hall–Kier alpha value is -2.73. The molecule has 21 heavy (non-hydrogen) atoms. The SMILES string of the molecule is O=Cc1ccc(-c2ccccc2C(=O)Nc2nccs2)o1. The molecule has 3 aromatic rings. The van der Waals surface area contributed by atoms with Crippen LogP contribution in [0.3, 0.4) is 0 Å². The molecule has 0 atom stereocenters. The van der Waals surface area contributed by atoms with Gasteiger partial charge in [-0.15, -0.1) is 11.3 Å². The molecule has 1 aromatic carbocycles. The third-order valence-corrected chi connectivity index (χ3v) is 3.52. The van der Waals surface area contributed by atoms with Crippen molar-refractivity contribution in [1.82, 2.24) is 4.98 Å². The van der Waals surface area contributed by atoms with Crippen LogP contribution < -0.4 is 5.32 Å². The first-order valence-corrected chi connectivity index (χ1v) is 7.01. The molecule has 0 saturated carbocycles. The molecule has 0 aliphatic heterocycles. The molecule has 2 aromatic heterocycles. The van der Waals surface area contributed by atoms with Gasteiger partial charge in [-0.25, -0.2) is 4.98 Å². The predicted molar refractivity (Wildman–Crippen MR) is 79.6 cm³/mol. The number of aromatic nitrogens is 1. The summed E-state index contributed by atoms with van der Waals surface area (Å²) in [6.45, 7) is 0. The molecule has 0 aliphatic carbocycles. The highest BCUT2D eigenvalue weighted by atomic mass is 32.1. The molecule has 0 aliphatic rings. The average Bonchev–Trinajstić information content (AvgIpc) is 3.18. The van der Waals surface area contributed by atoms with E-state index in [9.17, 15) is 9.59 Å². The minimum Gasteiger partial charge on any atom is -0.453 e. The molecule has 0 spiro atoms. The number of aldehydes is 1. The zero-order valence-corrected chi connectivity index (χ0v) is 11.6. The lowest BCUT2D eigenvalue weighted by atomic mass is 10.0. The van der Waals surface area contributed by atoms with Crippen LogP contribution in [0.1, 0.15) is 20.9 Å². The maximum atomic E-state index is 12.3. The number of rotatable bonds is 4. The van der Waals surface area contributed by atoms with Gasteiger partial charge in [-0.3, -0.25) is 14.9 Å². The van der Waals surface area contributed by atoms with Crippen LogP contribution in [0.15, 0.2) is 52.4 Å². The maximum absolute atomic E-state index is 12.3. The third-order valence-electron chi connectivity index (χ3n) is 2.83. The van der Waals surface area contributed by atoms with E-state index in [1.807, 2.05) is 0 Å². The summed E-state index contributed by atoms with van der Waals surface area (Å²) >= 11 is 1.34. The minimum atomic E-state index is -0.274. The van der Waals surface area contributed by atoms with E-state index >= 15 is 0 Å². The summed E-state index contributed by atoms with van der Waals surface area (Å²) in [5.74, 6) is 0.423. The van der Waals surface area contributed by atoms with Crippen molar-refractivity contribution in [2.75, 3.05) is 5.32 Å². The Morgan fingerprint density at radius 3 is 2.81 bits per heavy atom. The van der Waals surface area contributed by atoms with E-state index < -0.39 is 0 Å². The van der Waals surface area contributed by atoms with Crippen molar-refractivity contribution < 1.29 is 14.0 Å². The average molecular weight is 298 g/mol. The Morgan fingerprint density at radius 2 is 2.10 bits per heavy atom. The standard InChI is InChI=1S/C15H10N2O3S/c18-9-10-5-6-13(20-10)11-3-1-2-4-12(11)14(19)17-15-16-7-8-21-15/h1-9H,(H,16,17,19). The van der Waals surface area contributed by atoms with Crippen molar-refractivity contribution in [2.24, 2.45) is 0 Å². The van der Waals surface area contributed by atoms with Gasteiger partial charge in [0.15, 0.2) is 17.2 Å². The molecule has 0 fully saturated rings. The van der Waals surface area contributed by atoms with Crippen molar-refractivity contribution in [1.29, 1.82) is 0 Å². The van der Waals surface area contributed by atoms with Gasteiger partial charge in [0.25, 0.3) is 5.91 Å². The monoisotopic (exact) mass is 298 g/mol. The molecule has 3 rings (SSSR count). The van der Waals surface area contributed by atoms with Crippen molar-refractivity contribution in [2.45, 2.75) is 0 Å². The van der Waals surface area contributed by atoms with Crippen LogP contribution in [0.2, 0.25) is 0 Å². The molecule has 104 valence electrons. The summed E-state index contributed by atoms with van der Waals surface area (Å²) in [4.78, 5) is 27.0. The number of hydrogen-bond donors (Lipinski definition) is 1. The fraction of sp³-hybridized carbons (Fsp3) is 0. The summed E-state index contributed by atoms with van der Waals surface area (Å²) in [6, 6.07) is 10.3. The van der Waals surface area contributed by atoms with Crippen LogP contribution in [0, 0.1) is 0 Å². The second-order valence-corrected chi connectivity index (χ2v) is 5.05. The highest BCUT2D eigenvalue weighted by Crippen LogP contribution is 2.26. The molecular formula is C15H10N2O3S. The van der Waals surface area contributed by atoms with Gasteiger partial charge in [0.05, 0.1) is 5.56 Å². The normalized spacial score (nSPS) is 10.3. The van der Waals surface area contributed by atoms with E-state index in [1.54, 1.807) is 48.0 Å². The molecule has 2 heterocycles. The van der Waals surface area contributed by atoms with E-state index in [4.69, 9.17) is 4.42 Å². The van der Waals surface area contributed by atoms with Crippen LogP contribution in [-0.4, -0.2) is 17.2 Å². The molecule has 0 saturated heterocycles. The van der Waals surface area contributed by atoms with Gasteiger partial charge in [0.2, 0.25) is 0 Å². The predicted octanol–water partition coefficient (Wildman–Crippen LogP) is 3.47. The van der Waals surface area contributed by atoms with Gasteiger partial charge >= 0.3 is 0 Å². The quantitative estimate of drug-likeness (QED) is 0.749. The third kappa shape index (κ3) is 2.75. The number of benzene rings is 1. The van der Waals surface area contributed by atoms with Crippen LogP contribution >= 0.6 is 11.3 Å². The Bertz CT molecular complexity index is 778. The lowest BCUT2D eigenvalue weighted by Gasteiger charge is -2.06. The number of carbonyl (C=O) groups excluding carboxylic acids is 2. The van der Waals surface area contributed by atoms with Crippen molar-refractivity contribution in [3.05, 3.63) is 59.3 Å². The van der Waals surface area contributed by atoms with E-state index in [0.29, 0.717) is 28.3 Å². The molecule has 0 unspecified atom stereocenters. The summed E-state index contributed by atoms with van der Waals surface area (Å²) < 4.78 is 5.38. The number of nitrogens with zero attached hydrogens (tertiary/aromatic N) is 1. The molecule has 0 bridgehead atoms. The van der Waals surface area contributed by atoms with Crippen LogP contribution in [0.4, 0.5) is 5.13 Å². The molecular weight excluding hydrogens is 288 g/mol. The number of nitrogens with one attached hydrogen (secondary N) is 1. The number of thiazole rings is 1. The van der Waals surface area contributed by atoms with Crippen LogP contribution in [0.5, 0.6) is 0 Å². The first-order chi connectivity index (χ1) is 10.3. The highest BCUT2D eigenvalue weighted by molar-refractivity contribution is 7.13. The first kappa shape index (κ1) is 13.3. The number of amides is 1. The zero-order valence-electron chi connectivity index (χ0n) is 10.8. The summed E-state index contributed by atoms with van der Waals surface area (Å²) in [7, 11) is 0. The summed E-state index contributed by atoms with van der Waals surface area (Å²) in [5.41, 5.74) is 1.08. The summed E-state index contributed by atoms with van der Waals surface area (Å²) in [6.07, 6.45) is 2.25. The Balaban J connectivity index is 1.95. The van der Waals surface area contributed by atoms with Crippen LogP contribution in [-0.2, 0) is 0 Å². The maximum Gasteiger partial charge on any atom is 0.258 e. The molecule has 6 heteroatoms. The number of hydrogen-bond acceptors (Lipinski definition) is 5. The summed E-state index contributed by atoms with van der Waals surface area (Å²) in [5, 5.41) is 5.04. The molecule has 1 amide bonds. The smallest absolute Gasteiger partial charge is 0.258 e. The number of carbonyl (C=O) groups is 2. The van der Waals surface area contributed by atoms with Gasteiger partial charge in [0, 0.05) is 17.1 Å². The van der Waals surface area contributed by atoms with Gasteiger partial charge in [0.1, 0.15) is 5.76 Å². The lowest BCUT2D eigenvalue weighted by molar-refractivity contribution is 0.102. The lowest BCUT2D eigenvalue weighted by Crippen LogP contribution is -2.12. The fourth-order valence-electron chi connectivity index (χ4n) is 1.91. The van der Waals surface area contributed by atoms with Gasteiger partial charge in [-0.05, 0) is 18.2 Å². The Kier molecular flexibility index (Phi) is 3.61. The zero-order chi connectivity index (χ0) is 14.7. The van der Waals surface area contributed by atoms with Crippen LogP contribution in [0.25, 0.3) is 11.3 Å². The topological polar surface area (TPSA) is 72.2 Å². The minimum absolute atomic E-state index is 0.222. The van der Waals surface area contributed by atoms with Crippen molar-refractivity contribution in [3.8, 4) is 11.3 Å². The second kappa shape index (κ2) is 5.72. The molecule has 1 N–H and O–H groups in total. The van der Waals surface area contributed by atoms with E-state index in [1.165, 1.54) is 11.3 Å². The molecule has 5 nitrogen and oxygen atoms in total. The van der Waals surface area contributed by atoms with Crippen molar-refractivity contribution in [3.63, 3.8) is 0 Å². The van der Waals surface area contributed by atoms with E-state index in [2.05, 4.69) is 10.3 Å². The van der Waals surface area contributed by atoms with E-state index in [0.717, 1.165) is 0 Å². The van der Waals surface area contributed by atoms with Gasteiger partial charge < -0.3 is 4.42 Å². The fourth-order valence-corrected chi connectivity index (χ4v) is 2.43. The first-order valence-electron chi connectivity index (χ1n) is 6.13. The van der Waals surface area contributed by atoms with Crippen molar-refractivity contribution >= 4 is 28.7 Å². The van der Waals surface area contributed by atoms with E-state index in [-0.39, 0.29) is 11.7 Å². The number of furan rings is 1. The number of anilines is 1. The largest absolute Gasteiger partial charge is 0.453 e. The molecule has 0 radical (unpaired) electrons. The Labute approximate surface area is 124 Å². The second-order valence-electron chi connectivity index (χ2n) is 4.16. The van der Waals surface area contributed by atoms with Gasteiger partial charge in [-0.1, -0.05) is 18.2 Å². The Morgan fingerprint density at radius 1 is 1.24 bits per heavy atom.